The van der Waals surface area contributed by atoms with Crippen LogP contribution in [0.25, 0.3) is 0 Å². The van der Waals surface area contributed by atoms with Gasteiger partial charge in [-0.15, -0.1) is 11.3 Å². The predicted molar refractivity (Wildman–Crippen MR) is 71.1 cm³/mol. The van der Waals surface area contributed by atoms with Crippen LogP contribution in [0, 0.1) is 5.92 Å². The van der Waals surface area contributed by atoms with Crippen molar-refractivity contribution >= 4 is 11.3 Å². The fourth-order valence-corrected chi connectivity index (χ4v) is 3.50. The molecule has 0 aromatic carbocycles. The molecule has 1 aromatic rings. The third kappa shape index (κ3) is 2.69. The summed E-state index contributed by atoms with van der Waals surface area (Å²) in [6, 6.07) is 0. The van der Waals surface area contributed by atoms with Gasteiger partial charge < -0.3 is 5.32 Å². The van der Waals surface area contributed by atoms with Crippen molar-refractivity contribution < 1.29 is 0 Å². The molecule has 2 fully saturated rings. The zero-order chi connectivity index (χ0) is 11.7. The van der Waals surface area contributed by atoms with E-state index in [2.05, 4.69) is 27.5 Å². The number of thiazole rings is 1. The van der Waals surface area contributed by atoms with Crippen molar-refractivity contribution in [2.75, 3.05) is 19.6 Å². The number of rotatable bonds is 3. The summed E-state index contributed by atoms with van der Waals surface area (Å²) in [6.07, 6.45) is 4.08. The van der Waals surface area contributed by atoms with Crippen molar-refractivity contribution in [3.63, 3.8) is 0 Å². The van der Waals surface area contributed by atoms with Crippen LogP contribution in [0.5, 0.6) is 0 Å². The molecule has 3 nitrogen and oxygen atoms in total. The molecule has 0 amide bonds. The second-order valence-electron chi connectivity index (χ2n) is 5.66. The molecule has 1 N–H and O–H groups in total. The first-order valence-electron chi connectivity index (χ1n) is 6.61. The maximum atomic E-state index is 4.41. The first kappa shape index (κ1) is 11.6. The second-order valence-corrected chi connectivity index (χ2v) is 6.38. The maximum absolute atomic E-state index is 4.41. The topological polar surface area (TPSA) is 28.2 Å². The van der Waals surface area contributed by atoms with Gasteiger partial charge in [0.2, 0.25) is 0 Å². The summed E-state index contributed by atoms with van der Waals surface area (Å²) in [5, 5.41) is 5.94. The zero-order valence-corrected chi connectivity index (χ0v) is 11.3. The summed E-state index contributed by atoms with van der Waals surface area (Å²) in [4.78, 5) is 6.98. The Morgan fingerprint density at radius 2 is 2.47 bits per heavy atom. The van der Waals surface area contributed by atoms with E-state index >= 15 is 0 Å². The van der Waals surface area contributed by atoms with Gasteiger partial charge >= 0.3 is 0 Å². The monoisotopic (exact) mass is 251 g/mol. The van der Waals surface area contributed by atoms with E-state index in [1.54, 1.807) is 11.3 Å². The molecule has 2 aliphatic rings. The van der Waals surface area contributed by atoms with Gasteiger partial charge in [-0.3, -0.25) is 4.90 Å². The maximum Gasteiger partial charge on any atom is 0.0795 e. The number of nitrogens with zero attached hydrogens (tertiary/aromatic N) is 2. The summed E-state index contributed by atoms with van der Waals surface area (Å²) in [5.41, 5.74) is 3.51. The lowest BCUT2D eigenvalue weighted by molar-refractivity contribution is 0.193. The highest BCUT2D eigenvalue weighted by molar-refractivity contribution is 7.07. The normalized spacial score (nSPS) is 31.4. The molecule has 94 valence electrons. The van der Waals surface area contributed by atoms with Crippen LogP contribution in [0.15, 0.2) is 10.9 Å². The van der Waals surface area contributed by atoms with Crippen molar-refractivity contribution in [3.05, 3.63) is 16.6 Å². The quantitative estimate of drug-likeness (QED) is 0.892. The molecule has 0 radical (unpaired) electrons. The molecular formula is C13H21N3S. The molecule has 2 heterocycles. The summed E-state index contributed by atoms with van der Waals surface area (Å²) in [7, 11) is 0. The molecule has 1 aliphatic carbocycles. The average Bonchev–Trinajstić information content (AvgIpc) is 3.07. The van der Waals surface area contributed by atoms with E-state index in [4.69, 9.17) is 0 Å². The number of aromatic nitrogens is 1. The van der Waals surface area contributed by atoms with Gasteiger partial charge in [0.05, 0.1) is 11.2 Å². The highest BCUT2D eigenvalue weighted by Gasteiger charge is 2.42. The van der Waals surface area contributed by atoms with Crippen molar-refractivity contribution in [1.29, 1.82) is 0 Å². The summed E-state index contributed by atoms with van der Waals surface area (Å²) in [5.74, 6) is 0.901. The molecule has 17 heavy (non-hydrogen) atoms. The Bertz CT molecular complexity index is 361. The van der Waals surface area contributed by atoms with Crippen LogP contribution in [0.2, 0.25) is 0 Å². The fraction of sp³-hybridized carbons (Fsp3) is 0.769. The Hall–Kier alpha value is -0.450. The van der Waals surface area contributed by atoms with Gasteiger partial charge in [0.25, 0.3) is 0 Å². The first-order valence-corrected chi connectivity index (χ1v) is 7.55. The van der Waals surface area contributed by atoms with Gasteiger partial charge in [0.1, 0.15) is 0 Å². The molecule has 1 saturated carbocycles. The fourth-order valence-electron chi connectivity index (χ4n) is 2.95. The summed E-state index contributed by atoms with van der Waals surface area (Å²) >= 11 is 1.70. The zero-order valence-electron chi connectivity index (χ0n) is 10.5. The standard InChI is InChI=1S/C13H21N3S/c1-13(11-3-4-11)9-16(6-2-5-15-13)7-12-8-17-10-14-12/h8,10-11,15H,2-7,9H2,1H3. The molecular weight excluding hydrogens is 230 g/mol. The van der Waals surface area contributed by atoms with E-state index < -0.39 is 0 Å². The third-order valence-corrected chi connectivity index (χ3v) is 4.71. The van der Waals surface area contributed by atoms with Crippen LogP contribution >= 0.6 is 11.3 Å². The van der Waals surface area contributed by atoms with Gasteiger partial charge in [0, 0.05) is 24.0 Å². The smallest absolute Gasteiger partial charge is 0.0795 e. The molecule has 1 aliphatic heterocycles. The van der Waals surface area contributed by atoms with Crippen molar-refractivity contribution in [1.82, 2.24) is 15.2 Å². The number of hydrogen-bond donors (Lipinski definition) is 1. The lowest BCUT2D eigenvalue weighted by Gasteiger charge is -2.33. The first-order chi connectivity index (χ1) is 8.26. The highest BCUT2D eigenvalue weighted by atomic mass is 32.1. The molecule has 0 bridgehead atoms. The van der Waals surface area contributed by atoms with Gasteiger partial charge in [-0.05, 0) is 45.2 Å². The third-order valence-electron chi connectivity index (χ3n) is 4.08. The predicted octanol–water partition coefficient (Wildman–Crippen LogP) is 2.11. The Kier molecular flexibility index (Phi) is 3.19. The van der Waals surface area contributed by atoms with Gasteiger partial charge in [0.15, 0.2) is 0 Å². The van der Waals surface area contributed by atoms with E-state index in [1.165, 1.54) is 44.6 Å². The summed E-state index contributed by atoms with van der Waals surface area (Å²) in [6.45, 7) is 6.97. The van der Waals surface area contributed by atoms with E-state index in [-0.39, 0.29) is 0 Å². The van der Waals surface area contributed by atoms with Crippen LogP contribution in [0.1, 0.15) is 31.9 Å². The molecule has 4 heteroatoms. The Morgan fingerprint density at radius 1 is 1.59 bits per heavy atom. The molecule has 3 rings (SSSR count). The average molecular weight is 251 g/mol. The Balaban J connectivity index is 1.67. The van der Waals surface area contributed by atoms with E-state index in [9.17, 15) is 0 Å². The van der Waals surface area contributed by atoms with Crippen LogP contribution in [-0.4, -0.2) is 35.1 Å². The minimum atomic E-state index is 0.340. The minimum absolute atomic E-state index is 0.340. The van der Waals surface area contributed by atoms with Crippen LogP contribution < -0.4 is 5.32 Å². The largest absolute Gasteiger partial charge is 0.310 e. The van der Waals surface area contributed by atoms with Crippen LogP contribution in [0.3, 0.4) is 0 Å². The van der Waals surface area contributed by atoms with E-state index in [0.717, 1.165) is 12.5 Å². The number of hydrogen-bond acceptors (Lipinski definition) is 4. The highest BCUT2D eigenvalue weighted by Crippen LogP contribution is 2.40. The minimum Gasteiger partial charge on any atom is -0.310 e. The molecule has 0 spiro atoms. The van der Waals surface area contributed by atoms with E-state index in [1.807, 2.05) is 5.51 Å². The van der Waals surface area contributed by atoms with Crippen LogP contribution in [-0.2, 0) is 6.54 Å². The molecule has 1 aromatic heterocycles. The van der Waals surface area contributed by atoms with Gasteiger partial charge in [-0.1, -0.05) is 0 Å². The molecule has 1 atom stereocenters. The van der Waals surface area contributed by atoms with Gasteiger partial charge in [-0.25, -0.2) is 4.98 Å². The Labute approximate surface area is 107 Å². The number of nitrogens with one attached hydrogen (secondary N) is 1. The SMILES string of the molecule is CC1(C2CC2)CN(Cc2cscn2)CCCN1. The van der Waals surface area contributed by atoms with E-state index in [0.29, 0.717) is 5.54 Å². The van der Waals surface area contributed by atoms with Crippen molar-refractivity contribution in [3.8, 4) is 0 Å². The lowest BCUT2D eigenvalue weighted by Crippen LogP contribution is -2.50. The van der Waals surface area contributed by atoms with Crippen molar-refractivity contribution in [2.24, 2.45) is 5.92 Å². The molecule has 1 unspecified atom stereocenters. The second kappa shape index (κ2) is 4.67. The summed E-state index contributed by atoms with van der Waals surface area (Å²) < 4.78 is 0. The Morgan fingerprint density at radius 3 is 3.18 bits per heavy atom. The van der Waals surface area contributed by atoms with Crippen molar-refractivity contribution in [2.45, 2.75) is 38.3 Å². The molecule has 1 saturated heterocycles. The van der Waals surface area contributed by atoms with Crippen LogP contribution in [0.4, 0.5) is 0 Å². The van der Waals surface area contributed by atoms with Gasteiger partial charge in [-0.2, -0.15) is 0 Å². The lowest BCUT2D eigenvalue weighted by atomic mass is 9.95.